The van der Waals surface area contributed by atoms with E-state index in [-0.39, 0.29) is 5.56 Å². The van der Waals surface area contributed by atoms with E-state index < -0.39 is 24.0 Å². The van der Waals surface area contributed by atoms with Crippen LogP contribution in [0.4, 0.5) is 26.3 Å². The van der Waals surface area contributed by atoms with Crippen LogP contribution in [0.15, 0.2) is 66.3 Å². The lowest BCUT2D eigenvalue weighted by Gasteiger charge is -2.15. The SMILES string of the molecule is C\C=C/C(=C\C(=C\CC)C(F)(F)F)c1cc2n(n1)CCC2.NC(c1ccccc1)C(F)(F)F. The molecule has 3 nitrogen and oxygen atoms in total. The first-order valence-corrected chi connectivity index (χ1v) is 10.5. The first kappa shape index (κ1) is 26.4. The fourth-order valence-corrected chi connectivity index (χ4v) is 3.28. The zero-order valence-electron chi connectivity index (χ0n) is 18.4. The maximum absolute atomic E-state index is 13.0. The minimum absolute atomic E-state index is 0.0880. The summed E-state index contributed by atoms with van der Waals surface area (Å²) in [4.78, 5) is 0. The van der Waals surface area contributed by atoms with Crippen LogP contribution < -0.4 is 5.73 Å². The Kier molecular flexibility index (Phi) is 9.10. The van der Waals surface area contributed by atoms with Gasteiger partial charge in [-0.3, -0.25) is 4.68 Å². The zero-order chi connectivity index (χ0) is 24.6. The molecule has 0 fully saturated rings. The quantitative estimate of drug-likeness (QED) is 0.379. The molecule has 1 unspecified atom stereocenters. The Balaban J connectivity index is 0.000000273. The molecule has 0 amide bonds. The molecule has 3 rings (SSSR count). The van der Waals surface area contributed by atoms with Crippen molar-refractivity contribution >= 4 is 5.57 Å². The number of nitrogens with two attached hydrogens (primary N) is 1. The lowest BCUT2D eigenvalue weighted by atomic mass is 10.1. The van der Waals surface area contributed by atoms with Gasteiger partial charge in [0.05, 0.1) is 11.3 Å². The molecular formula is C24H27F6N3. The normalized spacial score (nSPS) is 15.9. The second-order valence-electron chi connectivity index (χ2n) is 7.44. The van der Waals surface area contributed by atoms with Crippen molar-refractivity contribution in [3.8, 4) is 0 Å². The van der Waals surface area contributed by atoms with Gasteiger partial charge >= 0.3 is 12.4 Å². The number of hydrogen-bond donors (Lipinski definition) is 1. The highest BCUT2D eigenvalue weighted by Gasteiger charge is 2.37. The fourth-order valence-electron chi connectivity index (χ4n) is 3.28. The van der Waals surface area contributed by atoms with Gasteiger partial charge in [-0.05, 0) is 43.9 Å². The number of aromatic nitrogens is 2. The largest absolute Gasteiger partial charge is 0.416 e. The number of rotatable bonds is 5. The number of halogens is 6. The minimum Gasteiger partial charge on any atom is -0.316 e. The molecule has 1 aliphatic heterocycles. The predicted molar refractivity (Wildman–Crippen MR) is 117 cm³/mol. The van der Waals surface area contributed by atoms with E-state index in [2.05, 4.69) is 5.10 Å². The van der Waals surface area contributed by atoms with Crippen LogP contribution in [0, 0.1) is 0 Å². The Morgan fingerprint density at radius 2 is 1.82 bits per heavy atom. The van der Waals surface area contributed by atoms with Gasteiger partial charge in [0.15, 0.2) is 0 Å². The number of alkyl halides is 6. The van der Waals surface area contributed by atoms with E-state index in [1.54, 1.807) is 32.1 Å². The summed E-state index contributed by atoms with van der Waals surface area (Å²) in [5, 5.41) is 4.41. The van der Waals surface area contributed by atoms with E-state index in [0.717, 1.165) is 25.1 Å². The maximum atomic E-state index is 13.0. The number of hydrogen-bond acceptors (Lipinski definition) is 2. The van der Waals surface area contributed by atoms with Crippen molar-refractivity contribution in [3.05, 3.63) is 83.2 Å². The van der Waals surface area contributed by atoms with Crippen LogP contribution in [-0.4, -0.2) is 22.1 Å². The molecule has 0 bridgehead atoms. The van der Waals surface area contributed by atoms with Gasteiger partial charge in [-0.25, -0.2) is 0 Å². The van der Waals surface area contributed by atoms with E-state index >= 15 is 0 Å². The molecule has 0 radical (unpaired) electrons. The number of benzene rings is 1. The van der Waals surface area contributed by atoms with E-state index in [1.807, 2.05) is 10.7 Å². The Labute approximate surface area is 189 Å². The van der Waals surface area contributed by atoms with Crippen molar-refractivity contribution in [1.29, 1.82) is 0 Å². The molecule has 0 saturated carbocycles. The number of nitrogens with zero attached hydrogens (tertiary/aromatic N) is 2. The highest BCUT2D eigenvalue weighted by atomic mass is 19.4. The summed E-state index contributed by atoms with van der Waals surface area (Å²) in [5.74, 6) is 0. The second kappa shape index (κ2) is 11.4. The van der Waals surface area contributed by atoms with E-state index in [9.17, 15) is 26.3 Å². The molecule has 1 aromatic heterocycles. The predicted octanol–water partition coefficient (Wildman–Crippen LogP) is 6.94. The molecule has 9 heteroatoms. The maximum Gasteiger partial charge on any atom is 0.416 e. The Morgan fingerprint density at radius 3 is 2.33 bits per heavy atom. The number of aryl methyl sites for hydroxylation is 2. The Morgan fingerprint density at radius 1 is 1.15 bits per heavy atom. The molecule has 2 N–H and O–H groups in total. The van der Waals surface area contributed by atoms with Crippen LogP contribution in [0.1, 0.15) is 49.7 Å². The summed E-state index contributed by atoms with van der Waals surface area (Å²) >= 11 is 0. The highest BCUT2D eigenvalue weighted by molar-refractivity contribution is 5.74. The summed E-state index contributed by atoms with van der Waals surface area (Å²) in [7, 11) is 0. The van der Waals surface area contributed by atoms with E-state index in [1.165, 1.54) is 36.4 Å². The van der Waals surface area contributed by atoms with Gasteiger partial charge in [-0.15, -0.1) is 0 Å². The van der Waals surface area contributed by atoms with Crippen molar-refractivity contribution in [2.24, 2.45) is 5.73 Å². The van der Waals surface area contributed by atoms with Gasteiger partial charge in [0.1, 0.15) is 6.04 Å². The first-order valence-electron chi connectivity index (χ1n) is 10.5. The monoisotopic (exact) mass is 471 g/mol. The van der Waals surface area contributed by atoms with E-state index in [4.69, 9.17) is 5.73 Å². The van der Waals surface area contributed by atoms with Crippen molar-refractivity contribution in [1.82, 2.24) is 9.78 Å². The molecule has 0 spiro atoms. The Bertz CT molecular complexity index is 960. The molecule has 180 valence electrons. The number of allylic oxidation sites excluding steroid dienone is 6. The second-order valence-corrected chi connectivity index (χ2v) is 7.44. The van der Waals surface area contributed by atoms with Gasteiger partial charge in [0.25, 0.3) is 0 Å². The molecular weight excluding hydrogens is 444 g/mol. The van der Waals surface area contributed by atoms with Crippen LogP contribution in [-0.2, 0) is 13.0 Å². The standard InChI is InChI=1S/C16H19F3N2.C8H8F3N/c1-3-6-12(10-13(7-4-2)16(17,18)19)15-11-14-8-5-9-21(14)20-15;9-8(10,11)7(12)6-4-2-1-3-5-6/h3,6-7,10-11H,4-5,8-9H2,1-2H3;1-5,7H,12H2/b6-3-,12-10+,13-7-;. The smallest absolute Gasteiger partial charge is 0.316 e. The average Bonchev–Trinajstić information content (AvgIpc) is 3.34. The minimum atomic E-state index is -4.36. The molecule has 33 heavy (non-hydrogen) atoms. The van der Waals surface area contributed by atoms with Gasteiger partial charge in [-0.1, -0.05) is 55.5 Å². The molecule has 2 aromatic rings. The molecule has 2 heterocycles. The third-order valence-electron chi connectivity index (χ3n) is 4.88. The summed E-state index contributed by atoms with van der Waals surface area (Å²) in [6.07, 6.45) is -0.582. The Hall–Kier alpha value is -2.81. The van der Waals surface area contributed by atoms with Crippen LogP contribution in [0.2, 0.25) is 0 Å². The van der Waals surface area contributed by atoms with Crippen molar-refractivity contribution in [2.75, 3.05) is 0 Å². The molecule has 0 saturated heterocycles. The van der Waals surface area contributed by atoms with E-state index in [0.29, 0.717) is 17.7 Å². The summed E-state index contributed by atoms with van der Waals surface area (Å²) in [6, 6.07) is 7.43. The molecule has 1 aromatic carbocycles. The fraction of sp³-hybridized carbons (Fsp3) is 0.375. The van der Waals surface area contributed by atoms with Crippen molar-refractivity contribution < 1.29 is 26.3 Å². The van der Waals surface area contributed by atoms with Crippen molar-refractivity contribution in [3.63, 3.8) is 0 Å². The average molecular weight is 471 g/mol. The van der Waals surface area contributed by atoms with Gasteiger partial charge in [0.2, 0.25) is 0 Å². The van der Waals surface area contributed by atoms with Crippen LogP contribution in [0.5, 0.6) is 0 Å². The van der Waals surface area contributed by atoms with Crippen LogP contribution >= 0.6 is 0 Å². The highest BCUT2D eigenvalue weighted by Crippen LogP contribution is 2.31. The van der Waals surface area contributed by atoms with Gasteiger partial charge in [0, 0.05) is 17.8 Å². The van der Waals surface area contributed by atoms with Crippen LogP contribution in [0.3, 0.4) is 0 Å². The lowest BCUT2D eigenvalue weighted by Crippen LogP contribution is -2.28. The molecule has 1 atom stereocenters. The third-order valence-corrected chi connectivity index (χ3v) is 4.88. The molecule has 1 aliphatic rings. The third kappa shape index (κ3) is 7.63. The van der Waals surface area contributed by atoms with Crippen LogP contribution in [0.25, 0.3) is 5.57 Å². The summed E-state index contributed by atoms with van der Waals surface area (Å²) in [5.41, 5.74) is 6.61. The van der Waals surface area contributed by atoms with Crippen molar-refractivity contribution in [2.45, 2.75) is 58.0 Å². The van der Waals surface area contributed by atoms with Gasteiger partial charge in [-0.2, -0.15) is 31.4 Å². The zero-order valence-corrected chi connectivity index (χ0v) is 18.4. The summed E-state index contributed by atoms with van der Waals surface area (Å²) in [6.45, 7) is 4.32. The molecule has 0 aliphatic carbocycles. The number of fused-ring (bicyclic) bond motifs is 1. The van der Waals surface area contributed by atoms with Gasteiger partial charge < -0.3 is 5.73 Å². The first-order chi connectivity index (χ1) is 15.5. The summed E-state index contributed by atoms with van der Waals surface area (Å²) < 4.78 is 77.0. The topological polar surface area (TPSA) is 43.8 Å². The lowest BCUT2D eigenvalue weighted by molar-refractivity contribution is -0.149.